The maximum absolute atomic E-state index is 16.1. The zero-order valence-electron chi connectivity index (χ0n) is 52.9. The third kappa shape index (κ3) is 12.2. The van der Waals surface area contributed by atoms with Crippen LogP contribution >= 0.6 is 0 Å². The van der Waals surface area contributed by atoms with E-state index in [1.807, 2.05) is 152 Å². The zero-order valence-corrected chi connectivity index (χ0v) is 52.9. The summed E-state index contributed by atoms with van der Waals surface area (Å²) in [6, 6.07) is 33.7. The summed E-state index contributed by atoms with van der Waals surface area (Å²) < 4.78 is 39.3. The van der Waals surface area contributed by atoms with E-state index in [-0.39, 0.29) is 106 Å². The first kappa shape index (κ1) is 61.4. The van der Waals surface area contributed by atoms with Crippen LogP contribution in [-0.2, 0) is 19.1 Å². The van der Waals surface area contributed by atoms with Gasteiger partial charge in [0.25, 0.3) is 23.6 Å². The lowest BCUT2D eigenvalue weighted by molar-refractivity contribution is -0.126. The Morgan fingerprint density at radius 2 is 0.674 bits per heavy atom. The van der Waals surface area contributed by atoms with Gasteiger partial charge in [0.05, 0.1) is 47.7 Å². The van der Waals surface area contributed by atoms with Crippen LogP contribution in [0, 0.1) is 39.5 Å². The lowest BCUT2D eigenvalue weighted by atomic mass is 9.80. The molecule has 4 aliphatic rings. The fourth-order valence-electron chi connectivity index (χ4n) is 12.6. The fourth-order valence-corrected chi connectivity index (χ4v) is 12.6. The van der Waals surface area contributed by atoms with Crippen LogP contribution in [0.3, 0.4) is 0 Å². The van der Waals surface area contributed by atoms with Crippen molar-refractivity contribution in [2.75, 3.05) is 52.5 Å². The Kier molecular flexibility index (Phi) is 16.9. The van der Waals surface area contributed by atoms with E-state index < -0.39 is 47.5 Å². The van der Waals surface area contributed by atoms with E-state index in [4.69, 9.17) is 28.4 Å². The van der Waals surface area contributed by atoms with Gasteiger partial charge in [-0.05, 0) is 125 Å². The highest BCUT2D eigenvalue weighted by Gasteiger charge is 2.46. The third-order valence-corrected chi connectivity index (χ3v) is 17.3. The Morgan fingerprint density at radius 1 is 0.413 bits per heavy atom. The summed E-state index contributed by atoms with van der Waals surface area (Å²) in [6.45, 7) is 19.5. The number of aryl methyl sites for hydroxylation is 4. The first-order valence-electron chi connectivity index (χ1n) is 31.7. The second-order valence-electron chi connectivity index (χ2n) is 25.5. The van der Waals surface area contributed by atoms with Crippen molar-refractivity contribution in [3.8, 4) is 46.0 Å². The van der Waals surface area contributed by atoms with Crippen LogP contribution in [0.1, 0.15) is 104 Å². The van der Waals surface area contributed by atoms with Gasteiger partial charge in [-0.2, -0.15) is 0 Å². The number of hydrogen-bond acceptors (Lipinski definition) is 14. The topological polar surface area (TPSA) is 219 Å². The van der Waals surface area contributed by atoms with Crippen molar-refractivity contribution in [2.45, 2.75) is 92.5 Å². The number of amides is 6. The number of rotatable bonds is 26. The SMILES string of the molecule is Cc1ccc(Oc2cc3c4c(cc(Oc5ccc(C)cc5)c5c6c(Oc7ccc(C)cc7)cc7c8c(cc(Oc9ccc(C)cc9)c(c2c45)c86)C(=O)N(C(CC(C)C)C(=O)NCCNCC2CO2)C7=O)C(=O)N(C(CC(C)C)C(=O)NCCNCC2CO2)C3=O)cc1. The molecule has 2 fully saturated rings. The molecule has 18 nitrogen and oxygen atoms in total. The van der Waals surface area contributed by atoms with Crippen LogP contribution in [0.4, 0.5) is 0 Å². The van der Waals surface area contributed by atoms with Gasteiger partial charge in [0.15, 0.2) is 0 Å². The van der Waals surface area contributed by atoms with Crippen molar-refractivity contribution in [3.05, 3.63) is 166 Å². The average molecular weight is 1240 g/mol. The van der Waals surface area contributed by atoms with Crippen LogP contribution in [0.15, 0.2) is 121 Å². The molecule has 9 aromatic rings. The molecular formula is C74H74N6O12. The van der Waals surface area contributed by atoms with Gasteiger partial charge in [0, 0.05) is 82.4 Å². The monoisotopic (exact) mass is 1240 g/mol. The van der Waals surface area contributed by atoms with Gasteiger partial charge in [-0.25, -0.2) is 0 Å². The molecule has 4 atom stereocenters. The van der Waals surface area contributed by atoms with Crippen molar-refractivity contribution in [1.29, 1.82) is 0 Å². The van der Waals surface area contributed by atoms with Crippen LogP contribution in [0.2, 0.25) is 0 Å². The highest BCUT2D eigenvalue weighted by Crippen LogP contribution is 2.58. The van der Waals surface area contributed by atoms with Crippen LogP contribution in [0.25, 0.3) is 43.1 Å². The van der Waals surface area contributed by atoms with E-state index in [1.54, 1.807) is 24.3 Å². The van der Waals surface area contributed by atoms with Gasteiger partial charge in [0.2, 0.25) is 11.8 Å². The van der Waals surface area contributed by atoms with Crippen molar-refractivity contribution >= 4 is 78.5 Å². The predicted octanol–water partition coefficient (Wildman–Crippen LogP) is 12.4. The van der Waals surface area contributed by atoms with E-state index in [2.05, 4.69) is 21.3 Å². The molecule has 0 spiro atoms. The van der Waals surface area contributed by atoms with Crippen molar-refractivity contribution in [1.82, 2.24) is 31.1 Å². The van der Waals surface area contributed by atoms with E-state index in [9.17, 15) is 9.59 Å². The van der Waals surface area contributed by atoms with Crippen molar-refractivity contribution in [3.63, 3.8) is 0 Å². The Balaban J connectivity index is 1.13. The standard InChI is InChI=1S/C74H74N6O12/c1-39(2)29-55(69(81)77-27-25-75-35-49-37-87-49)79-71(83)51-31-57(89-45-17-9-41(5)10-18-45)63-65-59(91-47-21-13-43(7)14-22-47)33-53-62-54(74(86)80(73(53)85)56(30-40(3)4)70(82)78-28-26-76-36-50-38-88-50)34-60(92-48-23-15-44(8)16-24-48)66(68(62)65)64-58(90-46-19-11-42(6)12-20-46)32-52(72(79)84)61(51)67(63)64/h9-24,31-34,39-40,49-50,55-56,75-76H,25-30,35-38H2,1-8H3,(H,77,81)(H,78,82). The fraction of sp³-hybridized carbons (Fsp3) is 0.324. The maximum Gasteiger partial charge on any atom is 0.262 e. The Hall–Kier alpha value is -9.46. The summed E-state index contributed by atoms with van der Waals surface area (Å²) in [5, 5.41) is 15.1. The molecule has 6 amide bonds. The first-order chi connectivity index (χ1) is 44.4. The Morgan fingerprint density at radius 3 is 0.913 bits per heavy atom. The second-order valence-corrected chi connectivity index (χ2v) is 25.5. The Bertz CT molecular complexity index is 3880. The van der Waals surface area contributed by atoms with Crippen LogP contribution in [-0.4, -0.2) is 122 Å². The molecule has 9 aromatic carbocycles. The van der Waals surface area contributed by atoms with Gasteiger partial charge in [-0.3, -0.25) is 38.6 Å². The number of epoxide rings is 2. The molecule has 0 aromatic heterocycles. The maximum atomic E-state index is 16.1. The molecule has 4 heterocycles. The molecule has 0 radical (unpaired) electrons. The predicted molar refractivity (Wildman–Crippen MR) is 351 cm³/mol. The van der Waals surface area contributed by atoms with Crippen molar-refractivity contribution in [2.24, 2.45) is 11.8 Å². The molecule has 13 rings (SSSR count). The van der Waals surface area contributed by atoms with E-state index >= 15 is 19.2 Å². The third-order valence-electron chi connectivity index (χ3n) is 17.3. The normalized spacial score (nSPS) is 16.5. The van der Waals surface area contributed by atoms with Crippen LogP contribution in [0.5, 0.6) is 46.0 Å². The minimum Gasteiger partial charge on any atom is -0.457 e. The largest absolute Gasteiger partial charge is 0.457 e. The van der Waals surface area contributed by atoms with E-state index in [1.165, 1.54) is 0 Å². The summed E-state index contributed by atoms with van der Waals surface area (Å²) in [6.07, 6.45) is 0.553. The quantitative estimate of drug-likeness (QED) is 0.0130. The van der Waals surface area contributed by atoms with E-state index in [0.717, 1.165) is 32.1 Å². The highest BCUT2D eigenvalue weighted by atomic mass is 16.6. The lowest BCUT2D eigenvalue weighted by Gasteiger charge is -2.36. The smallest absolute Gasteiger partial charge is 0.262 e. The number of carbonyl (C=O) groups excluding carboxylic acids is 6. The van der Waals surface area contributed by atoms with Gasteiger partial charge < -0.3 is 49.7 Å². The number of fused-ring (bicyclic) bond motifs is 2. The second kappa shape index (κ2) is 25.3. The molecule has 472 valence electrons. The summed E-state index contributed by atoms with van der Waals surface area (Å²) >= 11 is 0. The molecule has 4 unspecified atom stereocenters. The minimum atomic E-state index is -1.24. The molecule has 0 saturated carbocycles. The van der Waals surface area contributed by atoms with Gasteiger partial charge in [-0.1, -0.05) is 98.5 Å². The van der Waals surface area contributed by atoms with Crippen LogP contribution < -0.4 is 40.2 Å². The lowest BCUT2D eigenvalue weighted by Crippen LogP contribution is -2.54. The van der Waals surface area contributed by atoms with Gasteiger partial charge >= 0.3 is 0 Å². The first-order valence-corrected chi connectivity index (χ1v) is 31.7. The minimum absolute atomic E-state index is 0.0653. The summed E-state index contributed by atoms with van der Waals surface area (Å²) in [4.78, 5) is 95.8. The number of benzene rings is 9. The number of hydrogen-bond donors (Lipinski definition) is 4. The summed E-state index contributed by atoms with van der Waals surface area (Å²) in [5.74, 6) is -2.07. The molecule has 4 aliphatic heterocycles. The van der Waals surface area contributed by atoms with Gasteiger partial charge in [-0.15, -0.1) is 0 Å². The molecule has 18 heteroatoms. The number of nitrogens with one attached hydrogen (secondary N) is 4. The van der Waals surface area contributed by atoms with Crippen molar-refractivity contribution < 1.29 is 57.2 Å². The molecule has 2 saturated heterocycles. The number of imide groups is 2. The Labute approximate surface area is 533 Å². The molecule has 0 aliphatic carbocycles. The number of ether oxygens (including phenoxy) is 6. The number of carbonyl (C=O) groups is 6. The molecule has 4 N–H and O–H groups in total. The number of nitrogens with zero attached hydrogens (tertiary/aromatic N) is 2. The summed E-state index contributed by atoms with van der Waals surface area (Å²) in [5.41, 5.74) is 4.09. The molecular weight excluding hydrogens is 1160 g/mol. The molecule has 92 heavy (non-hydrogen) atoms. The summed E-state index contributed by atoms with van der Waals surface area (Å²) in [7, 11) is 0. The zero-order chi connectivity index (χ0) is 64.2. The highest BCUT2D eigenvalue weighted by molar-refractivity contribution is 6.45. The average Bonchev–Trinajstić information content (AvgIpc) is 1.57. The van der Waals surface area contributed by atoms with Gasteiger partial charge in [0.1, 0.15) is 58.1 Å². The molecule has 0 bridgehead atoms. The van der Waals surface area contributed by atoms with E-state index in [0.29, 0.717) is 94.7 Å².